The number of nitrogens with two attached hydrogens (primary N) is 1. The van der Waals surface area contributed by atoms with Crippen LogP contribution in [0.15, 0.2) is 0 Å². The van der Waals surface area contributed by atoms with E-state index in [4.69, 9.17) is 5.73 Å². The summed E-state index contributed by atoms with van der Waals surface area (Å²) in [5.74, 6) is -0.323. The van der Waals surface area contributed by atoms with E-state index in [1.54, 1.807) is 13.8 Å². The average Bonchev–Trinajstić information content (AvgIpc) is 2.95. The van der Waals surface area contributed by atoms with Gasteiger partial charge >= 0.3 is 0 Å². The zero-order valence-corrected chi connectivity index (χ0v) is 13.8. The first-order valence-electron chi connectivity index (χ1n) is 6.49. The van der Waals surface area contributed by atoms with Gasteiger partial charge < -0.3 is 11.1 Å². The molecule has 2 rings (SSSR count). The van der Waals surface area contributed by atoms with Crippen molar-refractivity contribution in [2.75, 3.05) is 18.5 Å². The van der Waals surface area contributed by atoms with Crippen LogP contribution in [0.2, 0.25) is 0 Å². The minimum Gasteiger partial charge on any atom is -0.374 e. The predicted octanol–water partition coefficient (Wildman–Crippen LogP) is -0.104. The number of nitrogens with zero attached hydrogens (tertiary/aromatic N) is 3. The maximum atomic E-state index is 12.4. The number of carbonyl (C=O) groups excluding carboxylic acids is 1. The van der Waals surface area contributed by atoms with Crippen LogP contribution in [0.25, 0.3) is 0 Å². The third-order valence-electron chi connectivity index (χ3n) is 3.34. The highest BCUT2D eigenvalue weighted by molar-refractivity contribution is 7.88. The van der Waals surface area contributed by atoms with Crippen LogP contribution in [0.5, 0.6) is 0 Å². The van der Waals surface area contributed by atoms with Gasteiger partial charge in [0, 0.05) is 6.54 Å². The molecule has 10 heteroatoms. The van der Waals surface area contributed by atoms with Crippen molar-refractivity contribution in [2.45, 2.75) is 38.3 Å². The van der Waals surface area contributed by atoms with Gasteiger partial charge in [0.05, 0.1) is 11.8 Å². The second-order valence-corrected chi connectivity index (χ2v) is 8.54. The molecule has 0 radical (unpaired) electrons. The fourth-order valence-electron chi connectivity index (χ4n) is 2.33. The number of nitrogens with one attached hydrogen (secondary N) is 1. The van der Waals surface area contributed by atoms with Crippen LogP contribution >= 0.6 is 11.3 Å². The molecule has 118 valence electrons. The van der Waals surface area contributed by atoms with Gasteiger partial charge in [-0.1, -0.05) is 11.3 Å². The molecule has 1 aromatic heterocycles. The van der Waals surface area contributed by atoms with Crippen LogP contribution in [0.1, 0.15) is 31.7 Å². The van der Waals surface area contributed by atoms with Crippen molar-refractivity contribution in [1.82, 2.24) is 19.8 Å². The van der Waals surface area contributed by atoms with Gasteiger partial charge in [0.15, 0.2) is 0 Å². The Balaban J connectivity index is 2.14. The molecule has 3 N–H and O–H groups in total. The van der Waals surface area contributed by atoms with E-state index >= 15 is 0 Å². The standard InChI is InChI=1S/C11H19N5O3S2/c1-11(2,9-14-15-10(12)20-9)13-8(17)7-5-4-6-16(7)21(3,18)19/h7H,4-6H2,1-3H3,(H2,12,15)(H,13,17)/t7-/m0/s1. The van der Waals surface area contributed by atoms with Crippen LogP contribution < -0.4 is 11.1 Å². The van der Waals surface area contributed by atoms with Gasteiger partial charge in [-0.2, -0.15) is 4.31 Å². The monoisotopic (exact) mass is 333 g/mol. The highest BCUT2D eigenvalue weighted by atomic mass is 32.2. The van der Waals surface area contributed by atoms with Crippen molar-refractivity contribution in [3.63, 3.8) is 0 Å². The average molecular weight is 333 g/mol. The minimum atomic E-state index is -3.39. The zero-order chi connectivity index (χ0) is 15.8. The van der Waals surface area contributed by atoms with Crippen molar-refractivity contribution >= 4 is 32.4 Å². The molecule has 0 spiro atoms. The quantitative estimate of drug-likeness (QED) is 0.794. The summed E-state index contributed by atoms with van der Waals surface area (Å²) < 4.78 is 24.6. The zero-order valence-electron chi connectivity index (χ0n) is 12.2. The molecular weight excluding hydrogens is 314 g/mol. The first-order valence-corrected chi connectivity index (χ1v) is 9.16. The van der Waals surface area contributed by atoms with Crippen molar-refractivity contribution in [1.29, 1.82) is 0 Å². The fraction of sp³-hybridized carbons (Fsp3) is 0.727. The Bertz CT molecular complexity index is 640. The van der Waals surface area contributed by atoms with Gasteiger partial charge in [-0.3, -0.25) is 4.79 Å². The maximum Gasteiger partial charge on any atom is 0.239 e. The highest BCUT2D eigenvalue weighted by Gasteiger charge is 2.39. The Kier molecular flexibility index (Phi) is 4.22. The summed E-state index contributed by atoms with van der Waals surface area (Å²) >= 11 is 1.19. The molecular formula is C11H19N5O3S2. The third-order valence-corrected chi connectivity index (χ3v) is 5.71. The van der Waals surface area contributed by atoms with Crippen molar-refractivity contribution in [2.24, 2.45) is 0 Å². The Labute approximate surface area is 127 Å². The lowest BCUT2D eigenvalue weighted by atomic mass is 10.1. The second-order valence-electron chi connectivity index (χ2n) is 5.59. The van der Waals surface area contributed by atoms with Crippen molar-refractivity contribution < 1.29 is 13.2 Å². The molecule has 1 aliphatic heterocycles. The van der Waals surface area contributed by atoms with Gasteiger partial charge in [0.25, 0.3) is 0 Å². The molecule has 1 saturated heterocycles. The molecule has 1 aliphatic rings. The lowest BCUT2D eigenvalue weighted by Gasteiger charge is -2.28. The van der Waals surface area contributed by atoms with E-state index in [1.807, 2.05) is 0 Å². The molecule has 0 aromatic carbocycles. The molecule has 1 fully saturated rings. The highest BCUT2D eigenvalue weighted by Crippen LogP contribution is 2.26. The Morgan fingerprint density at radius 2 is 2.14 bits per heavy atom. The summed E-state index contributed by atoms with van der Waals surface area (Å²) in [4.78, 5) is 12.4. The lowest BCUT2D eigenvalue weighted by Crippen LogP contribution is -2.51. The smallest absolute Gasteiger partial charge is 0.239 e. The van der Waals surface area contributed by atoms with E-state index in [1.165, 1.54) is 15.6 Å². The van der Waals surface area contributed by atoms with Gasteiger partial charge in [0.1, 0.15) is 11.0 Å². The number of amides is 1. The summed E-state index contributed by atoms with van der Waals surface area (Å²) in [5.41, 5.74) is 4.80. The summed E-state index contributed by atoms with van der Waals surface area (Å²) in [5, 5.41) is 11.4. The number of hydrogen-bond donors (Lipinski definition) is 2. The number of hydrogen-bond acceptors (Lipinski definition) is 7. The van der Waals surface area contributed by atoms with Crippen LogP contribution in [0.3, 0.4) is 0 Å². The topological polar surface area (TPSA) is 118 Å². The van der Waals surface area contributed by atoms with E-state index < -0.39 is 21.6 Å². The van der Waals surface area contributed by atoms with E-state index in [-0.39, 0.29) is 5.91 Å². The van der Waals surface area contributed by atoms with Crippen LogP contribution in [0.4, 0.5) is 5.13 Å². The predicted molar refractivity (Wildman–Crippen MR) is 80.1 cm³/mol. The largest absolute Gasteiger partial charge is 0.374 e. The first-order chi connectivity index (χ1) is 9.61. The third kappa shape index (κ3) is 3.50. The Morgan fingerprint density at radius 1 is 1.48 bits per heavy atom. The van der Waals surface area contributed by atoms with E-state index in [2.05, 4.69) is 15.5 Å². The van der Waals surface area contributed by atoms with Crippen LogP contribution in [0, 0.1) is 0 Å². The summed E-state index contributed by atoms with van der Waals surface area (Å²) in [6.45, 7) is 3.94. The molecule has 2 heterocycles. The lowest BCUT2D eigenvalue weighted by molar-refractivity contribution is -0.125. The van der Waals surface area contributed by atoms with E-state index in [0.29, 0.717) is 29.5 Å². The maximum absolute atomic E-state index is 12.4. The first kappa shape index (κ1) is 16.1. The molecule has 8 nitrogen and oxygen atoms in total. The Morgan fingerprint density at radius 3 is 2.67 bits per heavy atom. The second kappa shape index (κ2) is 5.50. The number of aromatic nitrogens is 2. The van der Waals surface area contributed by atoms with Gasteiger partial charge in [-0.15, -0.1) is 10.2 Å². The van der Waals surface area contributed by atoms with E-state index in [9.17, 15) is 13.2 Å². The van der Waals surface area contributed by atoms with Gasteiger partial charge in [-0.25, -0.2) is 8.42 Å². The number of anilines is 1. The SMILES string of the molecule is CC(C)(NC(=O)[C@@H]1CCCN1S(C)(=O)=O)c1nnc(N)s1. The molecule has 0 bridgehead atoms. The number of carbonyl (C=O) groups is 1. The summed E-state index contributed by atoms with van der Waals surface area (Å²) in [6, 6.07) is -0.662. The van der Waals surface area contributed by atoms with Gasteiger partial charge in [0.2, 0.25) is 21.1 Å². The summed E-state index contributed by atoms with van der Waals surface area (Å²) in [6.07, 6.45) is 2.32. The molecule has 0 saturated carbocycles. The van der Waals surface area contributed by atoms with Gasteiger partial charge in [-0.05, 0) is 26.7 Å². The number of sulfonamides is 1. The number of nitrogen functional groups attached to an aromatic ring is 1. The normalized spacial score (nSPS) is 20.6. The van der Waals surface area contributed by atoms with Crippen LogP contribution in [-0.2, 0) is 20.4 Å². The number of rotatable bonds is 4. The molecule has 0 unspecified atom stereocenters. The minimum absolute atomic E-state index is 0.323. The molecule has 1 atom stereocenters. The van der Waals surface area contributed by atoms with E-state index in [0.717, 1.165) is 6.26 Å². The molecule has 21 heavy (non-hydrogen) atoms. The van der Waals surface area contributed by atoms with Crippen molar-refractivity contribution in [3.05, 3.63) is 5.01 Å². The van der Waals surface area contributed by atoms with Crippen molar-refractivity contribution in [3.8, 4) is 0 Å². The molecule has 1 amide bonds. The Hall–Kier alpha value is -1.26. The molecule has 1 aromatic rings. The van der Waals surface area contributed by atoms with Crippen LogP contribution in [-0.4, -0.2) is 47.7 Å². The molecule has 0 aliphatic carbocycles. The summed E-state index contributed by atoms with van der Waals surface area (Å²) in [7, 11) is -3.39. The fourth-order valence-corrected chi connectivity index (χ4v) is 4.12.